The molecule has 1 aromatic carbocycles. The van der Waals surface area contributed by atoms with Gasteiger partial charge in [0, 0.05) is 24.1 Å². The highest BCUT2D eigenvalue weighted by atomic mass is 79.9. The van der Waals surface area contributed by atoms with Crippen molar-refractivity contribution in [3.63, 3.8) is 0 Å². The Balaban J connectivity index is 2.98. The molecule has 21 heavy (non-hydrogen) atoms. The van der Waals surface area contributed by atoms with Gasteiger partial charge >= 0.3 is 5.97 Å². The van der Waals surface area contributed by atoms with Gasteiger partial charge in [-0.05, 0) is 46.1 Å². The van der Waals surface area contributed by atoms with Crippen molar-refractivity contribution in [1.29, 1.82) is 0 Å². The first-order valence-corrected chi connectivity index (χ1v) is 7.43. The van der Waals surface area contributed by atoms with Crippen molar-refractivity contribution in [3.05, 3.63) is 34.3 Å². The van der Waals surface area contributed by atoms with E-state index in [9.17, 15) is 9.59 Å². The average Bonchev–Trinajstić information content (AvgIpc) is 2.44. The van der Waals surface area contributed by atoms with Crippen LogP contribution in [-0.4, -0.2) is 37.1 Å². The van der Waals surface area contributed by atoms with Crippen LogP contribution in [0.1, 0.15) is 18.9 Å². The number of amides is 1. The van der Waals surface area contributed by atoms with E-state index in [-0.39, 0.29) is 12.5 Å². The van der Waals surface area contributed by atoms with Crippen LogP contribution in [0.25, 0.3) is 6.08 Å². The number of aliphatic carboxylic acids is 1. The first-order chi connectivity index (χ1) is 9.97. The highest BCUT2D eigenvalue weighted by molar-refractivity contribution is 9.10. The molecule has 0 aliphatic heterocycles. The molecule has 0 aliphatic rings. The molecule has 2 N–H and O–H groups in total. The molecule has 114 valence electrons. The Bertz CT molecular complexity index is 544. The molecule has 1 amide bonds. The van der Waals surface area contributed by atoms with Crippen molar-refractivity contribution in [3.8, 4) is 0 Å². The number of likely N-dealkylation sites (N-methyl/N-ethyl adjacent to an activating group) is 1. The van der Waals surface area contributed by atoms with E-state index in [2.05, 4.69) is 28.2 Å². The predicted molar refractivity (Wildman–Crippen MR) is 87.4 cm³/mol. The smallest absolute Gasteiger partial charge is 0.328 e. The fraction of sp³-hybridized carbons (Fsp3) is 0.333. The van der Waals surface area contributed by atoms with Gasteiger partial charge in [-0.3, -0.25) is 4.79 Å². The molecule has 0 aliphatic carbocycles. The summed E-state index contributed by atoms with van der Waals surface area (Å²) >= 11 is 3.48. The van der Waals surface area contributed by atoms with Crippen LogP contribution in [0.3, 0.4) is 0 Å². The summed E-state index contributed by atoms with van der Waals surface area (Å²) in [4.78, 5) is 24.1. The molecule has 6 heteroatoms. The third kappa shape index (κ3) is 5.59. The van der Waals surface area contributed by atoms with E-state index < -0.39 is 5.97 Å². The van der Waals surface area contributed by atoms with Crippen molar-refractivity contribution >= 4 is 39.6 Å². The quantitative estimate of drug-likeness (QED) is 0.738. The Hall–Kier alpha value is -1.82. The number of hydrogen-bond acceptors (Lipinski definition) is 3. The van der Waals surface area contributed by atoms with Gasteiger partial charge in [0.1, 0.15) is 0 Å². The summed E-state index contributed by atoms with van der Waals surface area (Å²) in [6.45, 7) is 3.10. The SMILES string of the molecule is CCCN(CC(=O)NC)c1ccc(/C=C/C(=O)O)cc1Br. The van der Waals surface area contributed by atoms with Crippen molar-refractivity contribution in [2.45, 2.75) is 13.3 Å². The van der Waals surface area contributed by atoms with E-state index >= 15 is 0 Å². The maximum atomic E-state index is 11.6. The van der Waals surface area contributed by atoms with Crippen LogP contribution >= 0.6 is 15.9 Å². The maximum Gasteiger partial charge on any atom is 0.328 e. The number of rotatable bonds is 7. The highest BCUT2D eigenvalue weighted by Gasteiger charge is 2.12. The van der Waals surface area contributed by atoms with Crippen LogP contribution in [0.2, 0.25) is 0 Å². The minimum atomic E-state index is -0.984. The molecule has 0 saturated carbocycles. The molecule has 0 bridgehead atoms. The number of nitrogens with one attached hydrogen (secondary N) is 1. The molecule has 0 radical (unpaired) electrons. The van der Waals surface area contributed by atoms with E-state index in [0.29, 0.717) is 0 Å². The van der Waals surface area contributed by atoms with Crippen LogP contribution in [0, 0.1) is 0 Å². The second kappa shape index (κ2) is 8.46. The third-order valence-electron chi connectivity index (χ3n) is 2.84. The normalized spacial score (nSPS) is 10.6. The van der Waals surface area contributed by atoms with Crippen molar-refractivity contribution < 1.29 is 14.7 Å². The molecular formula is C15H19BrN2O3. The summed E-state index contributed by atoms with van der Waals surface area (Å²) in [6.07, 6.45) is 3.54. The predicted octanol–water partition coefficient (Wildman–Crippen LogP) is 2.51. The van der Waals surface area contributed by atoms with Crippen LogP contribution in [0.5, 0.6) is 0 Å². The second-order valence-electron chi connectivity index (χ2n) is 4.48. The summed E-state index contributed by atoms with van der Waals surface area (Å²) in [5.74, 6) is -1.03. The molecule has 0 unspecified atom stereocenters. The first-order valence-electron chi connectivity index (χ1n) is 6.64. The number of nitrogens with zero attached hydrogens (tertiary/aromatic N) is 1. The van der Waals surface area contributed by atoms with Crippen LogP contribution in [0.4, 0.5) is 5.69 Å². The largest absolute Gasteiger partial charge is 0.478 e. The zero-order valence-electron chi connectivity index (χ0n) is 12.1. The lowest BCUT2D eigenvalue weighted by Crippen LogP contribution is -2.36. The molecule has 5 nitrogen and oxygen atoms in total. The monoisotopic (exact) mass is 354 g/mol. The van der Waals surface area contributed by atoms with Gasteiger partial charge < -0.3 is 15.3 Å². The highest BCUT2D eigenvalue weighted by Crippen LogP contribution is 2.28. The van der Waals surface area contributed by atoms with Crippen molar-refractivity contribution in [2.75, 3.05) is 25.0 Å². The lowest BCUT2D eigenvalue weighted by molar-refractivity contribution is -0.131. The summed E-state index contributed by atoms with van der Waals surface area (Å²) in [7, 11) is 1.61. The van der Waals surface area contributed by atoms with Gasteiger partial charge in [0.2, 0.25) is 5.91 Å². The molecular weight excluding hydrogens is 336 g/mol. The Morgan fingerprint density at radius 1 is 1.43 bits per heavy atom. The molecule has 0 fully saturated rings. The van der Waals surface area contributed by atoms with E-state index in [1.54, 1.807) is 7.05 Å². The van der Waals surface area contributed by atoms with Gasteiger partial charge in [-0.15, -0.1) is 0 Å². The fourth-order valence-corrected chi connectivity index (χ4v) is 2.51. The van der Waals surface area contributed by atoms with Gasteiger partial charge in [-0.25, -0.2) is 4.79 Å². The van der Waals surface area contributed by atoms with E-state index in [1.807, 2.05) is 23.1 Å². The number of hydrogen-bond donors (Lipinski definition) is 2. The van der Waals surface area contributed by atoms with Crippen molar-refractivity contribution in [1.82, 2.24) is 5.32 Å². The Kier molecular flexibility index (Phi) is 6.94. The fourth-order valence-electron chi connectivity index (χ4n) is 1.86. The number of anilines is 1. The number of carbonyl (C=O) groups excluding carboxylic acids is 1. The van der Waals surface area contributed by atoms with Gasteiger partial charge in [0.05, 0.1) is 12.2 Å². The molecule has 0 atom stereocenters. The lowest BCUT2D eigenvalue weighted by atomic mass is 10.1. The number of carbonyl (C=O) groups is 2. The third-order valence-corrected chi connectivity index (χ3v) is 3.47. The zero-order chi connectivity index (χ0) is 15.8. The molecule has 1 aromatic rings. The maximum absolute atomic E-state index is 11.6. The minimum Gasteiger partial charge on any atom is -0.478 e. The average molecular weight is 355 g/mol. The standard InChI is InChI=1S/C15H19BrN2O3/c1-3-8-18(10-14(19)17-2)13-6-4-11(9-12(13)16)5-7-15(20)21/h4-7,9H,3,8,10H2,1-2H3,(H,17,19)(H,20,21)/b7-5+. The van der Waals surface area contributed by atoms with Crippen LogP contribution in [0.15, 0.2) is 28.7 Å². The van der Waals surface area contributed by atoms with E-state index in [1.165, 1.54) is 6.08 Å². The Morgan fingerprint density at radius 2 is 2.14 bits per heavy atom. The molecule has 0 heterocycles. The minimum absolute atomic E-state index is 0.0507. The summed E-state index contributed by atoms with van der Waals surface area (Å²) < 4.78 is 0.826. The summed E-state index contributed by atoms with van der Waals surface area (Å²) in [5, 5.41) is 11.2. The number of halogens is 1. The lowest BCUT2D eigenvalue weighted by Gasteiger charge is -2.24. The zero-order valence-corrected chi connectivity index (χ0v) is 13.7. The van der Waals surface area contributed by atoms with Gasteiger partial charge in [0.25, 0.3) is 0 Å². The molecule has 1 rings (SSSR count). The van der Waals surface area contributed by atoms with Gasteiger partial charge in [-0.1, -0.05) is 13.0 Å². The van der Waals surface area contributed by atoms with Gasteiger partial charge in [-0.2, -0.15) is 0 Å². The Labute approximate surface area is 132 Å². The summed E-state index contributed by atoms with van der Waals surface area (Å²) in [6, 6.07) is 5.54. The molecule has 0 spiro atoms. The van der Waals surface area contributed by atoms with Crippen LogP contribution < -0.4 is 10.2 Å². The number of carboxylic acids is 1. The Morgan fingerprint density at radius 3 is 2.67 bits per heavy atom. The number of carboxylic acid groups (broad SMARTS) is 1. The molecule has 0 aromatic heterocycles. The van der Waals surface area contributed by atoms with Gasteiger partial charge in [0.15, 0.2) is 0 Å². The number of benzene rings is 1. The van der Waals surface area contributed by atoms with E-state index in [0.717, 1.165) is 34.8 Å². The van der Waals surface area contributed by atoms with E-state index in [4.69, 9.17) is 5.11 Å². The topological polar surface area (TPSA) is 69.6 Å². The first kappa shape index (κ1) is 17.2. The second-order valence-corrected chi connectivity index (χ2v) is 5.33. The molecule has 0 saturated heterocycles. The van der Waals surface area contributed by atoms with Crippen LogP contribution in [-0.2, 0) is 9.59 Å². The summed E-state index contributed by atoms with van der Waals surface area (Å²) in [5.41, 5.74) is 1.69. The van der Waals surface area contributed by atoms with Crippen molar-refractivity contribution in [2.24, 2.45) is 0 Å².